The summed E-state index contributed by atoms with van der Waals surface area (Å²) in [6.45, 7) is 5.29. The fraction of sp³-hybridized carbons (Fsp3) is 0.391. The molecule has 0 saturated carbocycles. The van der Waals surface area contributed by atoms with Crippen molar-refractivity contribution in [2.24, 2.45) is 0 Å². The molecule has 0 spiro atoms. The van der Waals surface area contributed by atoms with E-state index in [1.54, 1.807) is 31.4 Å². The van der Waals surface area contributed by atoms with Gasteiger partial charge in [0, 0.05) is 49.5 Å². The Kier molecular flexibility index (Phi) is 7.11. The predicted molar refractivity (Wildman–Crippen MR) is 116 cm³/mol. The first-order chi connectivity index (χ1) is 14.1. The Morgan fingerprint density at radius 1 is 0.966 bits per heavy atom. The van der Waals surface area contributed by atoms with Gasteiger partial charge < -0.3 is 19.9 Å². The molecule has 0 aliphatic carbocycles. The van der Waals surface area contributed by atoms with Crippen molar-refractivity contribution in [3.8, 4) is 5.75 Å². The van der Waals surface area contributed by atoms with Crippen molar-refractivity contribution in [3.63, 3.8) is 0 Å². The molecule has 2 aromatic carbocycles. The lowest BCUT2D eigenvalue weighted by molar-refractivity contribution is -0.131. The number of rotatable bonds is 7. The van der Waals surface area contributed by atoms with Crippen LogP contribution in [0.2, 0.25) is 0 Å². The highest BCUT2D eigenvalue weighted by atomic mass is 16.5. The third-order valence-corrected chi connectivity index (χ3v) is 5.22. The van der Waals surface area contributed by atoms with E-state index in [1.807, 2.05) is 29.2 Å². The maximum atomic E-state index is 12.4. The number of nitrogens with zero attached hydrogens (tertiary/aromatic N) is 2. The summed E-state index contributed by atoms with van der Waals surface area (Å²) >= 11 is 0. The molecule has 1 heterocycles. The number of amides is 2. The van der Waals surface area contributed by atoms with E-state index in [0.717, 1.165) is 56.1 Å². The summed E-state index contributed by atoms with van der Waals surface area (Å²) in [5.41, 5.74) is 2.44. The minimum atomic E-state index is -0.153. The summed E-state index contributed by atoms with van der Waals surface area (Å²) in [5.74, 6) is 0.834. The molecule has 1 aliphatic heterocycles. The first-order valence-corrected chi connectivity index (χ1v) is 10.2. The molecule has 1 aliphatic rings. The van der Waals surface area contributed by atoms with Crippen LogP contribution in [0.25, 0.3) is 0 Å². The van der Waals surface area contributed by atoms with Crippen LogP contribution in [0.3, 0.4) is 0 Å². The molecule has 0 aromatic heterocycles. The monoisotopic (exact) mass is 395 g/mol. The molecular weight excluding hydrogens is 366 g/mol. The zero-order valence-corrected chi connectivity index (χ0v) is 17.2. The van der Waals surface area contributed by atoms with E-state index in [1.165, 1.54) is 0 Å². The van der Waals surface area contributed by atoms with Gasteiger partial charge in [0.05, 0.1) is 7.11 Å². The Labute approximate surface area is 172 Å². The maximum absolute atomic E-state index is 12.4. The van der Waals surface area contributed by atoms with Gasteiger partial charge in [0.2, 0.25) is 5.91 Å². The zero-order valence-electron chi connectivity index (χ0n) is 17.2. The highest BCUT2D eigenvalue weighted by Gasteiger charge is 2.20. The van der Waals surface area contributed by atoms with Gasteiger partial charge in [0.1, 0.15) is 5.75 Å². The highest BCUT2D eigenvalue weighted by molar-refractivity contribution is 6.04. The van der Waals surface area contributed by atoms with Gasteiger partial charge in [-0.15, -0.1) is 0 Å². The standard InChI is InChI=1S/C23H29N3O3/c1-3-4-5-22(27)26-16-14-25(15-17-26)20-10-8-19(9-11-20)24-23(28)18-6-12-21(29-2)13-7-18/h6-13H,3-5,14-17H2,1-2H3,(H,24,28). The quantitative estimate of drug-likeness (QED) is 0.775. The van der Waals surface area contributed by atoms with Gasteiger partial charge in [-0.05, 0) is 55.0 Å². The molecule has 6 nitrogen and oxygen atoms in total. The number of anilines is 2. The Morgan fingerprint density at radius 3 is 2.21 bits per heavy atom. The molecule has 0 unspecified atom stereocenters. The van der Waals surface area contributed by atoms with Crippen LogP contribution < -0.4 is 15.0 Å². The lowest BCUT2D eigenvalue weighted by atomic mass is 10.2. The predicted octanol–water partition coefficient (Wildman–Crippen LogP) is 3.79. The Bertz CT molecular complexity index is 810. The molecule has 0 atom stereocenters. The molecule has 29 heavy (non-hydrogen) atoms. The van der Waals surface area contributed by atoms with Crippen LogP contribution in [0.1, 0.15) is 36.5 Å². The summed E-state index contributed by atoms with van der Waals surface area (Å²) in [6, 6.07) is 14.9. The Morgan fingerprint density at radius 2 is 1.62 bits per heavy atom. The van der Waals surface area contributed by atoms with Crippen LogP contribution in [0.4, 0.5) is 11.4 Å². The number of carbonyl (C=O) groups is 2. The SMILES string of the molecule is CCCCC(=O)N1CCN(c2ccc(NC(=O)c3ccc(OC)cc3)cc2)CC1. The van der Waals surface area contributed by atoms with E-state index in [-0.39, 0.29) is 11.8 Å². The summed E-state index contributed by atoms with van der Waals surface area (Å²) in [5, 5.41) is 2.92. The van der Waals surface area contributed by atoms with Crippen LogP contribution in [-0.4, -0.2) is 50.0 Å². The molecule has 154 valence electrons. The number of carbonyl (C=O) groups excluding carboxylic acids is 2. The topological polar surface area (TPSA) is 61.9 Å². The van der Waals surface area contributed by atoms with Crippen molar-refractivity contribution in [1.82, 2.24) is 4.90 Å². The van der Waals surface area contributed by atoms with Crippen molar-refractivity contribution in [2.75, 3.05) is 43.5 Å². The summed E-state index contributed by atoms with van der Waals surface area (Å²) in [6.07, 6.45) is 2.66. The average Bonchev–Trinajstić information content (AvgIpc) is 2.78. The van der Waals surface area contributed by atoms with E-state index >= 15 is 0 Å². The third-order valence-electron chi connectivity index (χ3n) is 5.22. The van der Waals surface area contributed by atoms with Crippen LogP contribution in [0.5, 0.6) is 5.75 Å². The second-order valence-corrected chi connectivity index (χ2v) is 7.20. The van der Waals surface area contributed by atoms with Gasteiger partial charge in [-0.1, -0.05) is 13.3 Å². The smallest absolute Gasteiger partial charge is 0.255 e. The number of hydrogen-bond acceptors (Lipinski definition) is 4. The number of hydrogen-bond donors (Lipinski definition) is 1. The van der Waals surface area contributed by atoms with Crippen molar-refractivity contribution in [3.05, 3.63) is 54.1 Å². The van der Waals surface area contributed by atoms with Gasteiger partial charge in [0.15, 0.2) is 0 Å². The number of methoxy groups -OCH3 is 1. The van der Waals surface area contributed by atoms with Crippen LogP contribution in [0, 0.1) is 0 Å². The van der Waals surface area contributed by atoms with Gasteiger partial charge >= 0.3 is 0 Å². The molecule has 1 saturated heterocycles. The Balaban J connectivity index is 1.52. The van der Waals surface area contributed by atoms with Gasteiger partial charge in [-0.2, -0.15) is 0 Å². The minimum Gasteiger partial charge on any atom is -0.497 e. The summed E-state index contributed by atoms with van der Waals surface area (Å²) < 4.78 is 5.12. The largest absolute Gasteiger partial charge is 0.497 e. The number of nitrogens with one attached hydrogen (secondary N) is 1. The number of piperazine rings is 1. The third kappa shape index (κ3) is 5.50. The van der Waals surface area contributed by atoms with Crippen molar-refractivity contribution < 1.29 is 14.3 Å². The van der Waals surface area contributed by atoms with Crippen molar-refractivity contribution in [2.45, 2.75) is 26.2 Å². The molecule has 0 radical (unpaired) electrons. The Hall–Kier alpha value is -3.02. The van der Waals surface area contributed by atoms with Crippen LogP contribution in [-0.2, 0) is 4.79 Å². The molecule has 2 aromatic rings. The molecule has 6 heteroatoms. The van der Waals surface area contributed by atoms with E-state index in [9.17, 15) is 9.59 Å². The second kappa shape index (κ2) is 9.96. The molecule has 1 fully saturated rings. The first kappa shape index (κ1) is 20.7. The molecule has 0 bridgehead atoms. The maximum Gasteiger partial charge on any atom is 0.255 e. The number of unbranched alkanes of at least 4 members (excludes halogenated alkanes) is 1. The lowest BCUT2D eigenvalue weighted by Crippen LogP contribution is -2.48. The van der Waals surface area contributed by atoms with Crippen molar-refractivity contribution >= 4 is 23.2 Å². The van der Waals surface area contributed by atoms with Gasteiger partial charge in [0.25, 0.3) is 5.91 Å². The van der Waals surface area contributed by atoms with E-state index in [4.69, 9.17) is 4.74 Å². The van der Waals surface area contributed by atoms with E-state index in [2.05, 4.69) is 17.1 Å². The van der Waals surface area contributed by atoms with Gasteiger partial charge in [-0.25, -0.2) is 0 Å². The van der Waals surface area contributed by atoms with Gasteiger partial charge in [-0.3, -0.25) is 9.59 Å². The zero-order chi connectivity index (χ0) is 20.6. The highest BCUT2D eigenvalue weighted by Crippen LogP contribution is 2.21. The second-order valence-electron chi connectivity index (χ2n) is 7.20. The first-order valence-electron chi connectivity index (χ1n) is 10.2. The summed E-state index contributed by atoms with van der Waals surface area (Å²) in [7, 11) is 1.60. The normalized spacial score (nSPS) is 13.9. The average molecular weight is 396 g/mol. The molecular formula is C23H29N3O3. The molecule has 3 rings (SSSR count). The van der Waals surface area contributed by atoms with E-state index < -0.39 is 0 Å². The van der Waals surface area contributed by atoms with Crippen LogP contribution >= 0.6 is 0 Å². The number of benzene rings is 2. The fourth-order valence-corrected chi connectivity index (χ4v) is 3.40. The van der Waals surface area contributed by atoms with Crippen molar-refractivity contribution in [1.29, 1.82) is 0 Å². The van der Waals surface area contributed by atoms with E-state index in [0.29, 0.717) is 12.0 Å². The number of ether oxygens (including phenoxy) is 1. The van der Waals surface area contributed by atoms with Crippen LogP contribution in [0.15, 0.2) is 48.5 Å². The molecule has 2 amide bonds. The molecule has 1 N–H and O–H groups in total. The fourth-order valence-electron chi connectivity index (χ4n) is 3.40. The minimum absolute atomic E-state index is 0.153. The lowest BCUT2D eigenvalue weighted by Gasteiger charge is -2.36. The summed E-state index contributed by atoms with van der Waals surface area (Å²) in [4.78, 5) is 28.8.